The van der Waals surface area contributed by atoms with Crippen LogP contribution in [-0.4, -0.2) is 37.7 Å². The maximum atomic E-state index is 5.94. The molecular weight excluding hydrogens is 463 g/mol. The van der Waals surface area contributed by atoms with Gasteiger partial charge in [0.05, 0.1) is 30.9 Å². The number of thiazole rings is 1. The molecule has 8 heteroatoms. The van der Waals surface area contributed by atoms with Gasteiger partial charge in [0.2, 0.25) is 0 Å². The maximum absolute atomic E-state index is 5.94. The van der Waals surface area contributed by atoms with Crippen molar-refractivity contribution < 1.29 is 9.47 Å². The first-order valence-corrected chi connectivity index (χ1v) is 9.02. The van der Waals surface area contributed by atoms with Gasteiger partial charge in [0.1, 0.15) is 6.10 Å². The molecule has 0 radical (unpaired) electrons. The highest BCUT2D eigenvalue weighted by Gasteiger charge is 2.10. The van der Waals surface area contributed by atoms with Crippen LogP contribution in [0.4, 0.5) is 0 Å². The third-order valence-electron chi connectivity index (χ3n) is 3.59. The van der Waals surface area contributed by atoms with E-state index in [0.29, 0.717) is 13.1 Å². The van der Waals surface area contributed by atoms with Gasteiger partial charge in [0.15, 0.2) is 17.5 Å². The van der Waals surface area contributed by atoms with Gasteiger partial charge in [-0.3, -0.25) is 4.99 Å². The Labute approximate surface area is 176 Å². The predicted octanol–water partition coefficient (Wildman–Crippen LogP) is 3.52. The SMILES string of the molecule is CN=C(NCc1sc(C)nc1C)NCC(C)Oc1ccccc1OC.I. The fraction of sp³-hybridized carbons (Fsp3) is 0.444. The zero-order valence-electron chi connectivity index (χ0n) is 15.8. The zero-order valence-corrected chi connectivity index (χ0v) is 19.0. The van der Waals surface area contributed by atoms with E-state index in [-0.39, 0.29) is 30.1 Å². The van der Waals surface area contributed by atoms with Gasteiger partial charge in [-0.15, -0.1) is 35.3 Å². The molecule has 0 saturated heterocycles. The number of nitrogens with zero attached hydrogens (tertiary/aromatic N) is 2. The first kappa shape index (κ1) is 22.5. The van der Waals surface area contributed by atoms with Crippen LogP contribution >= 0.6 is 35.3 Å². The van der Waals surface area contributed by atoms with Gasteiger partial charge in [-0.25, -0.2) is 4.98 Å². The van der Waals surface area contributed by atoms with Crippen LogP contribution in [0.5, 0.6) is 11.5 Å². The number of benzene rings is 1. The van der Waals surface area contributed by atoms with E-state index in [1.165, 1.54) is 4.88 Å². The molecule has 1 aromatic carbocycles. The normalized spacial score (nSPS) is 12.1. The van der Waals surface area contributed by atoms with Crippen LogP contribution in [0.3, 0.4) is 0 Å². The van der Waals surface area contributed by atoms with E-state index in [0.717, 1.165) is 28.2 Å². The minimum Gasteiger partial charge on any atom is -0.493 e. The number of guanidine groups is 1. The first-order valence-electron chi connectivity index (χ1n) is 8.20. The lowest BCUT2D eigenvalue weighted by Crippen LogP contribution is -2.41. The Kier molecular flexibility index (Phi) is 9.71. The van der Waals surface area contributed by atoms with Crippen molar-refractivity contribution in [1.29, 1.82) is 0 Å². The quantitative estimate of drug-likeness (QED) is 0.353. The highest BCUT2D eigenvalue weighted by molar-refractivity contribution is 14.0. The van der Waals surface area contributed by atoms with Gasteiger partial charge in [0.25, 0.3) is 0 Å². The van der Waals surface area contributed by atoms with E-state index in [2.05, 4.69) is 20.6 Å². The molecule has 6 nitrogen and oxygen atoms in total. The van der Waals surface area contributed by atoms with E-state index in [1.807, 2.05) is 45.0 Å². The first-order chi connectivity index (χ1) is 12.0. The van der Waals surface area contributed by atoms with Gasteiger partial charge in [-0.2, -0.15) is 0 Å². The Morgan fingerprint density at radius 3 is 2.50 bits per heavy atom. The molecule has 0 aliphatic carbocycles. The average Bonchev–Trinajstić information content (AvgIpc) is 2.93. The van der Waals surface area contributed by atoms with Gasteiger partial charge < -0.3 is 20.1 Å². The lowest BCUT2D eigenvalue weighted by molar-refractivity contribution is 0.213. The van der Waals surface area contributed by atoms with Crippen LogP contribution in [0, 0.1) is 13.8 Å². The summed E-state index contributed by atoms with van der Waals surface area (Å²) in [5.41, 5.74) is 1.07. The summed E-state index contributed by atoms with van der Waals surface area (Å²) >= 11 is 1.70. The molecule has 0 aliphatic heterocycles. The largest absolute Gasteiger partial charge is 0.493 e. The number of nitrogens with one attached hydrogen (secondary N) is 2. The molecule has 1 atom stereocenters. The molecule has 0 aliphatic rings. The van der Waals surface area contributed by atoms with Gasteiger partial charge in [0, 0.05) is 11.9 Å². The monoisotopic (exact) mass is 490 g/mol. The van der Waals surface area contributed by atoms with E-state index in [4.69, 9.17) is 9.47 Å². The van der Waals surface area contributed by atoms with Gasteiger partial charge in [-0.1, -0.05) is 12.1 Å². The Balaban J connectivity index is 0.00000338. The molecular formula is C18H27IN4O2S. The number of ether oxygens (including phenoxy) is 2. The summed E-state index contributed by atoms with van der Waals surface area (Å²) in [6.45, 7) is 7.38. The Morgan fingerprint density at radius 1 is 1.23 bits per heavy atom. The number of halogens is 1. The molecule has 144 valence electrons. The molecule has 26 heavy (non-hydrogen) atoms. The van der Waals surface area contributed by atoms with Crippen LogP contribution in [0.15, 0.2) is 29.3 Å². The molecule has 2 rings (SSSR count). The molecule has 1 aromatic heterocycles. The number of para-hydroxylation sites is 2. The van der Waals surface area contributed by atoms with Crippen molar-refractivity contribution in [2.75, 3.05) is 20.7 Å². The summed E-state index contributed by atoms with van der Waals surface area (Å²) in [5.74, 6) is 2.20. The number of aliphatic imine (C=N–C) groups is 1. The second-order valence-corrected chi connectivity index (χ2v) is 6.92. The van der Waals surface area contributed by atoms with E-state index in [9.17, 15) is 0 Å². The highest BCUT2D eigenvalue weighted by atomic mass is 127. The van der Waals surface area contributed by atoms with Crippen molar-refractivity contribution in [2.24, 2.45) is 4.99 Å². The molecule has 0 saturated carbocycles. The summed E-state index contributed by atoms with van der Waals surface area (Å²) in [5, 5.41) is 7.67. The molecule has 1 unspecified atom stereocenters. The van der Waals surface area contributed by atoms with E-state index < -0.39 is 0 Å². The molecule has 2 N–H and O–H groups in total. The van der Waals surface area contributed by atoms with Crippen molar-refractivity contribution in [3.63, 3.8) is 0 Å². The lowest BCUT2D eigenvalue weighted by Gasteiger charge is -2.19. The second kappa shape index (κ2) is 11.2. The summed E-state index contributed by atoms with van der Waals surface area (Å²) in [6, 6.07) is 7.63. The third kappa shape index (κ3) is 6.64. The average molecular weight is 490 g/mol. The maximum Gasteiger partial charge on any atom is 0.191 e. The third-order valence-corrected chi connectivity index (χ3v) is 4.67. The van der Waals surface area contributed by atoms with Crippen LogP contribution in [0.25, 0.3) is 0 Å². The summed E-state index contributed by atoms with van der Waals surface area (Å²) in [6.07, 6.45) is -0.0396. The number of hydrogen-bond acceptors (Lipinski definition) is 5. The number of aryl methyl sites for hydroxylation is 2. The highest BCUT2D eigenvalue weighted by Crippen LogP contribution is 2.26. The number of rotatable bonds is 7. The molecule has 0 spiro atoms. The van der Waals surface area contributed by atoms with Crippen molar-refractivity contribution in [2.45, 2.75) is 33.4 Å². The fourth-order valence-electron chi connectivity index (χ4n) is 2.34. The summed E-state index contributed by atoms with van der Waals surface area (Å²) < 4.78 is 11.2. The fourth-order valence-corrected chi connectivity index (χ4v) is 3.21. The molecule has 0 fully saturated rings. The standard InChI is InChI=1S/C18H26N4O2S.HI/c1-12(24-16-9-7-6-8-15(16)23-5)10-20-18(19-4)21-11-17-13(2)22-14(3)25-17;/h6-9,12H,10-11H2,1-5H3,(H2,19,20,21);1H. The van der Waals surface area contributed by atoms with E-state index >= 15 is 0 Å². The van der Waals surface area contributed by atoms with Crippen molar-refractivity contribution >= 4 is 41.3 Å². The summed E-state index contributed by atoms with van der Waals surface area (Å²) in [7, 11) is 3.39. The Bertz CT molecular complexity index is 721. The second-order valence-electron chi connectivity index (χ2n) is 5.63. The molecule has 0 bridgehead atoms. The van der Waals surface area contributed by atoms with Crippen molar-refractivity contribution in [3.8, 4) is 11.5 Å². The molecule has 1 heterocycles. The molecule has 0 amide bonds. The van der Waals surface area contributed by atoms with Crippen molar-refractivity contribution in [1.82, 2.24) is 15.6 Å². The van der Waals surface area contributed by atoms with Crippen LogP contribution < -0.4 is 20.1 Å². The minimum atomic E-state index is -0.0396. The lowest BCUT2D eigenvalue weighted by atomic mass is 10.3. The Hall–Kier alpha value is -1.55. The van der Waals surface area contributed by atoms with Gasteiger partial charge >= 0.3 is 0 Å². The predicted molar refractivity (Wildman–Crippen MR) is 118 cm³/mol. The zero-order chi connectivity index (χ0) is 18.2. The number of methoxy groups -OCH3 is 1. The molecule has 2 aromatic rings. The smallest absolute Gasteiger partial charge is 0.191 e. The topological polar surface area (TPSA) is 67.8 Å². The summed E-state index contributed by atoms with van der Waals surface area (Å²) in [4.78, 5) is 9.91. The number of hydrogen-bond donors (Lipinski definition) is 2. The van der Waals surface area contributed by atoms with Gasteiger partial charge in [-0.05, 0) is 32.9 Å². The van der Waals surface area contributed by atoms with E-state index in [1.54, 1.807) is 25.5 Å². The van der Waals surface area contributed by atoms with Crippen molar-refractivity contribution in [3.05, 3.63) is 39.8 Å². The van der Waals surface area contributed by atoms with Crippen LogP contribution in [-0.2, 0) is 6.54 Å². The Morgan fingerprint density at radius 2 is 1.92 bits per heavy atom. The minimum absolute atomic E-state index is 0. The number of aromatic nitrogens is 1. The van der Waals surface area contributed by atoms with Crippen LogP contribution in [0.2, 0.25) is 0 Å². The van der Waals surface area contributed by atoms with Crippen LogP contribution in [0.1, 0.15) is 22.5 Å².